The number of nitrogens with one attached hydrogen (secondary N) is 2. The van der Waals surface area contributed by atoms with Crippen LogP contribution in [0.2, 0.25) is 5.02 Å². The van der Waals surface area contributed by atoms with Crippen molar-refractivity contribution >= 4 is 39.8 Å². The maximum Gasteiger partial charge on any atom is 0.272 e. The van der Waals surface area contributed by atoms with Crippen LogP contribution in [0.3, 0.4) is 0 Å². The van der Waals surface area contributed by atoms with Gasteiger partial charge in [-0.3, -0.25) is 9.78 Å². The predicted octanol–water partition coefficient (Wildman–Crippen LogP) is 3.05. The van der Waals surface area contributed by atoms with Gasteiger partial charge >= 0.3 is 0 Å². The molecule has 0 aliphatic carbocycles. The van der Waals surface area contributed by atoms with E-state index in [0.717, 1.165) is 10.9 Å². The Morgan fingerprint density at radius 3 is 2.95 bits per heavy atom. The largest absolute Gasteiger partial charge is 0.399 e. The number of nitrogens with zero attached hydrogens (tertiary/aromatic N) is 1. The summed E-state index contributed by atoms with van der Waals surface area (Å²) in [7, 11) is 0. The summed E-state index contributed by atoms with van der Waals surface area (Å²) < 4.78 is 0. The summed E-state index contributed by atoms with van der Waals surface area (Å²) in [4.78, 5) is 19.1. The molecular weight excluding hydrogens is 276 g/mol. The van der Waals surface area contributed by atoms with E-state index in [-0.39, 0.29) is 5.91 Å². The molecule has 0 fully saturated rings. The molecule has 0 bridgehead atoms. The summed E-state index contributed by atoms with van der Waals surface area (Å²) in [6, 6.07) is 8.77. The maximum absolute atomic E-state index is 12.2. The number of nitrogens with two attached hydrogens (primary N) is 1. The lowest BCUT2D eigenvalue weighted by molar-refractivity contribution is 0.102. The average molecular weight is 287 g/mol. The van der Waals surface area contributed by atoms with Gasteiger partial charge < -0.3 is 16.0 Å². The second-order valence-corrected chi connectivity index (χ2v) is 4.75. The summed E-state index contributed by atoms with van der Waals surface area (Å²) in [5.41, 5.74) is 8.12. The van der Waals surface area contributed by atoms with Crippen molar-refractivity contribution in [2.24, 2.45) is 0 Å². The predicted molar refractivity (Wildman–Crippen MR) is 79.9 cm³/mol. The van der Waals surface area contributed by atoms with Crippen LogP contribution in [0.1, 0.15) is 10.5 Å². The minimum absolute atomic E-state index is 0.283. The molecule has 3 aromatic rings. The van der Waals surface area contributed by atoms with Gasteiger partial charge in [-0.1, -0.05) is 11.6 Å². The van der Waals surface area contributed by atoms with E-state index in [1.54, 1.807) is 30.5 Å². The van der Waals surface area contributed by atoms with Crippen LogP contribution in [0, 0.1) is 0 Å². The zero-order valence-electron chi connectivity index (χ0n) is 10.4. The summed E-state index contributed by atoms with van der Waals surface area (Å²) in [5.74, 6) is -0.283. The first-order valence-corrected chi connectivity index (χ1v) is 6.30. The van der Waals surface area contributed by atoms with Gasteiger partial charge in [0.15, 0.2) is 0 Å². The Balaban J connectivity index is 1.91. The third-order valence-electron chi connectivity index (χ3n) is 2.91. The highest BCUT2D eigenvalue weighted by Crippen LogP contribution is 2.22. The molecule has 0 saturated carbocycles. The van der Waals surface area contributed by atoms with Crippen molar-refractivity contribution in [3.8, 4) is 0 Å². The van der Waals surface area contributed by atoms with E-state index in [4.69, 9.17) is 17.3 Å². The number of hydrogen-bond donors (Lipinski definition) is 3. The second-order valence-electron chi connectivity index (χ2n) is 4.34. The maximum atomic E-state index is 12.2. The molecule has 20 heavy (non-hydrogen) atoms. The Kier molecular flexibility index (Phi) is 3.04. The average Bonchev–Trinajstić information content (AvgIpc) is 2.84. The molecule has 0 aliphatic rings. The number of rotatable bonds is 2. The molecule has 0 spiro atoms. The van der Waals surface area contributed by atoms with Crippen molar-refractivity contribution in [3.63, 3.8) is 0 Å². The van der Waals surface area contributed by atoms with Gasteiger partial charge in [0.2, 0.25) is 0 Å². The van der Waals surface area contributed by atoms with Crippen molar-refractivity contribution in [1.82, 2.24) is 9.97 Å². The molecule has 1 amide bonds. The van der Waals surface area contributed by atoms with E-state index in [1.165, 1.54) is 6.20 Å². The Bertz CT molecular complexity index is 797. The zero-order valence-corrected chi connectivity index (χ0v) is 11.1. The molecule has 0 atom stereocenters. The summed E-state index contributed by atoms with van der Waals surface area (Å²) >= 11 is 5.97. The fourth-order valence-electron chi connectivity index (χ4n) is 1.93. The Hall–Kier alpha value is -2.53. The van der Waals surface area contributed by atoms with Crippen LogP contribution in [0.5, 0.6) is 0 Å². The summed E-state index contributed by atoms with van der Waals surface area (Å²) in [6.07, 6.45) is 3.06. The van der Waals surface area contributed by atoms with Crippen LogP contribution in [-0.4, -0.2) is 15.9 Å². The number of carbonyl (C=O) groups is 1. The fourth-order valence-corrected chi connectivity index (χ4v) is 2.08. The van der Waals surface area contributed by atoms with Gasteiger partial charge in [-0.05, 0) is 30.3 Å². The number of benzene rings is 1. The monoisotopic (exact) mass is 286 g/mol. The normalized spacial score (nSPS) is 10.7. The molecule has 100 valence electrons. The molecule has 0 unspecified atom stereocenters. The fraction of sp³-hybridized carbons (Fsp3) is 0. The molecule has 5 nitrogen and oxygen atoms in total. The van der Waals surface area contributed by atoms with Gasteiger partial charge in [0.05, 0.1) is 16.9 Å². The minimum atomic E-state index is -0.283. The molecule has 0 saturated heterocycles. The third-order valence-corrected chi connectivity index (χ3v) is 3.24. The number of halogens is 1. The number of aromatic nitrogens is 2. The Morgan fingerprint density at radius 1 is 1.30 bits per heavy atom. The van der Waals surface area contributed by atoms with Crippen LogP contribution < -0.4 is 11.1 Å². The topological polar surface area (TPSA) is 83.8 Å². The number of hydrogen-bond acceptors (Lipinski definition) is 3. The van der Waals surface area contributed by atoms with Gasteiger partial charge in [0, 0.05) is 22.8 Å². The first kappa shape index (κ1) is 12.5. The van der Waals surface area contributed by atoms with Crippen molar-refractivity contribution in [2.45, 2.75) is 0 Å². The highest BCUT2D eigenvalue weighted by Gasteiger charge is 2.11. The van der Waals surface area contributed by atoms with E-state index in [9.17, 15) is 4.79 Å². The molecule has 2 heterocycles. The SMILES string of the molecule is Nc1ccc2[nH]c(C(=O)Nc3cnccc3Cl)cc2c1. The molecular formula is C14H11ClN4O. The Morgan fingerprint density at radius 2 is 2.15 bits per heavy atom. The number of pyridine rings is 1. The van der Waals surface area contributed by atoms with E-state index < -0.39 is 0 Å². The third kappa shape index (κ3) is 2.31. The van der Waals surface area contributed by atoms with Crippen molar-refractivity contribution < 1.29 is 4.79 Å². The van der Waals surface area contributed by atoms with E-state index in [2.05, 4.69) is 15.3 Å². The molecule has 0 radical (unpaired) electrons. The number of amides is 1. The van der Waals surface area contributed by atoms with E-state index in [0.29, 0.717) is 22.1 Å². The van der Waals surface area contributed by atoms with Crippen LogP contribution in [0.25, 0.3) is 10.9 Å². The first-order chi connectivity index (χ1) is 9.63. The molecule has 0 aliphatic heterocycles. The number of aromatic amines is 1. The van der Waals surface area contributed by atoms with Gasteiger partial charge in [0.1, 0.15) is 5.69 Å². The molecule has 3 rings (SSSR count). The van der Waals surface area contributed by atoms with E-state index >= 15 is 0 Å². The summed E-state index contributed by atoms with van der Waals surface area (Å²) in [5, 5.41) is 4.03. The number of nitrogen functional groups attached to an aromatic ring is 1. The number of anilines is 2. The lowest BCUT2D eigenvalue weighted by Gasteiger charge is -2.04. The standard InChI is InChI=1S/C14H11ClN4O/c15-10-3-4-17-7-13(10)19-14(20)12-6-8-5-9(16)1-2-11(8)18-12/h1-7,18H,16H2,(H,19,20). The molecule has 2 aromatic heterocycles. The van der Waals surface area contributed by atoms with Gasteiger partial charge in [-0.2, -0.15) is 0 Å². The number of fused-ring (bicyclic) bond motifs is 1. The minimum Gasteiger partial charge on any atom is -0.399 e. The number of carbonyl (C=O) groups excluding carboxylic acids is 1. The lowest BCUT2D eigenvalue weighted by atomic mass is 10.2. The quantitative estimate of drug-likeness (QED) is 0.633. The van der Waals surface area contributed by atoms with Gasteiger partial charge in [-0.15, -0.1) is 0 Å². The Labute approximate surface area is 119 Å². The first-order valence-electron chi connectivity index (χ1n) is 5.92. The lowest BCUT2D eigenvalue weighted by Crippen LogP contribution is -2.12. The molecule has 4 N–H and O–H groups in total. The molecule has 1 aromatic carbocycles. The summed E-state index contributed by atoms with van der Waals surface area (Å²) in [6.45, 7) is 0. The van der Waals surface area contributed by atoms with Crippen LogP contribution >= 0.6 is 11.6 Å². The van der Waals surface area contributed by atoms with Crippen LogP contribution in [-0.2, 0) is 0 Å². The van der Waals surface area contributed by atoms with Crippen molar-refractivity contribution in [3.05, 3.63) is 53.4 Å². The highest BCUT2D eigenvalue weighted by molar-refractivity contribution is 6.33. The van der Waals surface area contributed by atoms with Crippen LogP contribution in [0.4, 0.5) is 11.4 Å². The smallest absolute Gasteiger partial charge is 0.272 e. The van der Waals surface area contributed by atoms with E-state index in [1.807, 2.05) is 6.07 Å². The number of H-pyrrole nitrogens is 1. The second kappa shape index (κ2) is 4.86. The zero-order chi connectivity index (χ0) is 14.1. The molecule has 6 heteroatoms. The van der Waals surface area contributed by atoms with Crippen LogP contribution in [0.15, 0.2) is 42.7 Å². The highest BCUT2D eigenvalue weighted by atomic mass is 35.5. The van der Waals surface area contributed by atoms with Crippen molar-refractivity contribution in [2.75, 3.05) is 11.1 Å². The van der Waals surface area contributed by atoms with Gasteiger partial charge in [0.25, 0.3) is 5.91 Å². The van der Waals surface area contributed by atoms with Gasteiger partial charge in [-0.25, -0.2) is 0 Å². The van der Waals surface area contributed by atoms with Crippen molar-refractivity contribution in [1.29, 1.82) is 0 Å².